The first-order valence-electron chi connectivity index (χ1n) is 9.70. The van der Waals surface area contributed by atoms with E-state index in [0.29, 0.717) is 16.3 Å². The first-order valence-corrected chi connectivity index (χ1v) is 10.1. The van der Waals surface area contributed by atoms with Crippen LogP contribution in [0.2, 0.25) is 5.02 Å². The third kappa shape index (κ3) is 3.66. The topological polar surface area (TPSA) is 71.4 Å². The van der Waals surface area contributed by atoms with Gasteiger partial charge in [-0.2, -0.15) is 0 Å². The van der Waals surface area contributed by atoms with Crippen molar-refractivity contribution < 1.29 is 14.4 Å². The van der Waals surface area contributed by atoms with Crippen LogP contribution in [-0.4, -0.2) is 22.4 Å². The van der Waals surface area contributed by atoms with Gasteiger partial charge in [-0.05, 0) is 62.7 Å². The average Bonchev–Trinajstić information content (AvgIpc) is 3.00. The summed E-state index contributed by atoms with van der Waals surface area (Å²) in [6.07, 6.45) is 1.51. The number of aryl methyl sites for hydroxylation is 2. The van der Waals surface area contributed by atoms with Crippen molar-refractivity contribution in [3.63, 3.8) is 0 Å². The third-order valence-electron chi connectivity index (χ3n) is 5.26. The molecule has 7 heteroatoms. The third-order valence-corrected chi connectivity index (χ3v) is 5.58. The van der Waals surface area contributed by atoms with Gasteiger partial charge in [0.25, 0.3) is 11.8 Å². The van der Waals surface area contributed by atoms with Crippen LogP contribution in [0.15, 0.2) is 60.2 Å². The number of hydrogen-bond donors (Lipinski definition) is 1. The van der Waals surface area contributed by atoms with E-state index < -0.39 is 17.8 Å². The van der Waals surface area contributed by atoms with Crippen LogP contribution in [0.25, 0.3) is 11.8 Å². The SMILES string of the molecule is Cc1ccc(N2C(=O)NC(=O)/C(=C\c3cc(C)n(-c4ccccc4Cl)c3C)C2=O)cc1. The number of rotatable bonds is 3. The Morgan fingerprint density at radius 2 is 1.61 bits per heavy atom. The van der Waals surface area contributed by atoms with Gasteiger partial charge in [-0.1, -0.05) is 41.4 Å². The standard InChI is InChI=1S/C24H20ClN3O3/c1-14-8-10-18(11-9-14)28-23(30)19(22(29)26-24(28)31)13-17-12-15(2)27(16(17)3)21-7-5-4-6-20(21)25/h4-13H,1-3H3,(H,26,29,31)/b19-13+. The Morgan fingerprint density at radius 3 is 2.29 bits per heavy atom. The Labute approximate surface area is 184 Å². The van der Waals surface area contributed by atoms with E-state index in [2.05, 4.69) is 5.32 Å². The number of urea groups is 1. The second-order valence-electron chi connectivity index (χ2n) is 7.41. The maximum absolute atomic E-state index is 13.1. The molecule has 3 aromatic rings. The predicted molar refractivity (Wildman–Crippen MR) is 120 cm³/mol. The number of benzene rings is 2. The van der Waals surface area contributed by atoms with Crippen molar-refractivity contribution in [2.24, 2.45) is 0 Å². The van der Waals surface area contributed by atoms with Crippen LogP contribution >= 0.6 is 11.6 Å². The van der Waals surface area contributed by atoms with Crippen LogP contribution in [0.1, 0.15) is 22.5 Å². The van der Waals surface area contributed by atoms with Gasteiger partial charge in [-0.25, -0.2) is 9.69 Å². The minimum absolute atomic E-state index is 0.111. The van der Waals surface area contributed by atoms with Crippen LogP contribution < -0.4 is 10.2 Å². The zero-order valence-corrected chi connectivity index (χ0v) is 18.0. The van der Waals surface area contributed by atoms with Gasteiger partial charge in [-0.3, -0.25) is 14.9 Å². The number of nitrogens with one attached hydrogen (secondary N) is 1. The molecule has 0 spiro atoms. The first kappa shape index (κ1) is 20.6. The molecule has 1 aromatic heterocycles. The summed E-state index contributed by atoms with van der Waals surface area (Å²) < 4.78 is 1.96. The normalized spacial score (nSPS) is 15.5. The highest BCUT2D eigenvalue weighted by Crippen LogP contribution is 2.28. The number of para-hydroxylation sites is 1. The molecule has 4 amide bonds. The van der Waals surface area contributed by atoms with Gasteiger partial charge in [0, 0.05) is 11.4 Å². The van der Waals surface area contributed by atoms with Crippen LogP contribution in [0.3, 0.4) is 0 Å². The maximum atomic E-state index is 13.1. The molecule has 1 aliphatic rings. The van der Waals surface area contributed by atoms with Crippen molar-refractivity contribution in [3.8, 4) is 5.69 Å². The van der Waals surface area contributed by atoms with Crippen molar-refractivity contribution in [2.75, 3.05) is 4.90 Å². The number of amides is 4. The van der Waals surface area contributed by atoms with E-state index in [0.717, 1.165) is 27.5 Å². The summed E-state index contributed by atoms with van der Waals surface area (Å²) in [4.78, 5) is 39.0. The number of aromatic nitrogens is 1. The highest BCUT2D eigenvalue weighted by Gasteiger charge is 2.37. The minimum atomic E-state index is -0.766. The summed E-state index contributed by atoms with van der Waals surface area (Å²) in [6, 6.07) is 15.5. The van der Waals surface area contributed by atoms with E-state index in [1.807, 2.05) is 49.6 Å². The molecule has 1 fully saturated rings. The molecule has 31 heavy (non-hydrogen) atoms. The molecule has 2 heterocycles. The Morgan fingerprint density at radius 1 is 0.935 bits per heavy atom. The first-order chi connectivity index (χ1) is 14.8. The molecular weight excluding hydrogens is 414 g/mol. The van der Waals surface area contributed by atoms with Gasteiger partial charge in [0.2, 0.25) is 0 Å². The summed E-state index contributed by atoms with van der Waals surface area (Å²) >= 11 is 6.37. The van der Waals surface area contributed by atoms with Crippen LogP contribution in [0.5, 0.6) is 0 Å². The van der Waals surface area contributed by atoms with E-state index in [1.54, 1.807) is 30.3 Å². The quantitative estimate of drug-likeness (QED) is 0.479. The highest BCUT2D eigenvalue weighted by atomic mass is 35.5. The minimum Gasteiger partial charge on any atom is -0.316 e. The molecule has 6 nitrogen and oxygen atoms in total. The van der Waals surface area contributed by atoms with E-state index in [-0.39, 0.29) is 5.57 Å². The molecule has 0 unspecified atom stereocenters. The molecule has 1 aliphatic heterocycles. The zero-order chi connectivity index (χ0) is 22.3. The van der Waals surface area contributed by atoms with Crippen molar-refractivity contribution in [3.05, 3.63) is 87.7 Å². The molecule has 0 bridgehead atoms. The van der Waals surface area contributed by atoms with Gasteiger partial charge in [0.1, 0.15) is 5.57 Å². The smallest absolute Gasteiger partial charge is 0.316 e. The van der Waals surface area contributed by atoms with Crippen LogP contribution in [-0.2, 0) is 9.59 Å². The monoisotopic (exact) mass is 433 g/mol. The van der Waals surface area contributed by atoms with Gasteiger partial charge in [-0.15, -0.1) is 0 Å². The second-order valence-corrected chi connectivity index (χ2v) is 7.81. The van der Waals surface area contributed by atoms with Crippen LogP contribution in [0.4, 0.5) is 10.5 Å². The van der Waals surface area contributed by atoms with E-state index in [9.17, 15) is 14.4 Å². The molecule has 0 saturated carbocycles. The Hall–Kier alpha value is -3.64. The van der Waals surface area contributed by atoms with E-state index in [4.69, 9.17) is 11.6 Å². The number of imide groups is 2. The molecule has 2 aromatic carbocycles. The molecule has 0 radical (unpaired) electrons. The fourth-order valence-electron chi connectivity index (χ4n) is 3.68. The number of halogens is 1. The number of barbiturate groups is 1. The molecule has 4 rings (SSSR count). The Kier molecular flexibility index (Phi) is 5.25. The summed E-state index contributed by atoms with van der Waals surface area (Å²) in [5.41, 5.74) is 4.49. The lowest BCUT2D eigenvalue weighted by Crippen LogP contribution is -2.54. The maximum Gasteiger partial charge on any atom is 0.335 e. The van der Waals surface area contributed by atoms with E-state index in [1.165, 1.54) is 6.08 Å². The molecule has 1 saturated heterocycles. The van der Waals surface area contributed by atoms with Crippen molar-refractivity contribution in [1.29, 1.82) is 0 Å². The fraction of sp³-hybridized carbons (Fsp3) is 0.125. The number of nitrogens with zero attached hydrogens (tertiary/aromatic N) is 2. The van der Waals surface area contributed by atoms with Crippen molar-refractivity contribution >= 4 is 41.2 Å². The van der Waals surface area contributed by atoms with Gasteiger partial charge < -0.3 is 4.57 Å². The second kappa shape index (κ2) is 7.89. The summed E-state index contributed by atoms with van der Waals surface area (Å²) in [6.45, 7) is 5.71. The molecular formula is C24H20ClN3O3. The predicted octanol–water partition coefficient (Wildman–Crippen LogP) is 4.72. The molecule has 0 atom stereocenters. The van der Waals surface area contributed by atoms with Gasteiger partial charge >= 0.3 is 6.03 Å². The largest absolute Gasteiger partial charge is 0.335 e. The zero-order valence-electron chi connectivity index (χ0n) is 17.3. The number of carbonyl (C=O) groups excluding carboxylic acids is 3. The average molecular weight is 434 g/mol. The van der Waals surface area contributed by atoms with Crippen molar-refractivity contribution in [2.45, 2.75) is 20.8 Å². The summed E-state index contributed by atoms with van der Waals surface area (Å²) in [5, 5.41) is 2.84. The van der Waals surface area contributed by atoms with Gasteiger partial charge in [0.15, 0.2) is 0 Å². The lowest BCUT2D eigenvalue weighted by Gasteiger charge is -2.26. The summed E-state index contributed by atoms with van der Waals surface area (Å²) in [5.74, 6) is -1.39. The van der Waals surface area contributed by atoms with Gasteiger partial charge in [0.05, 0.1) is 16.4 Å². The van der Waals surface area contributed by atoms with Crippen molar-refractivity contribution in [1.82, 2.24) is 9.88 Å². The van der Waals surface area contributed by atoms with E-state index >= 15 is 0 Å². The Bertz CT molecular complexity index is 1260. The number of anilines is 1. The summed E-state index contributed by atoms with van der Waals surface area (Å²) in [7, 11) is 0. The van der Waals surface area contributed by atoms with Crippen LogP contribution in [0, 0.1) is 20.8 Å². The fourth-order valence-corrected chi connectivity index (χ4v) is 3.90. The lowest BCUT2D eigenvalue weighted by atomic mass is 10.1. The molecule has 1 N–H and O–H groups in total. The molecule has 156 valence electrons. The number of hydrogen-bond acceptors (Lipinski definition) is 3. The number of carbonyl (C=O) groups is 3. The highest BCUT2D eigenvalue weighted by molar-refractivity contribution is 6.39. The Balaban J connectivity index is 1.77. The lowest BCUT2D eigenvalue weighted by molar-refractivity contribution is -0.122. The molecule has 0 aliphatic carbocycles.